The Bertz CT molecular complexity index is 297. The molecular formula is C11H15Cl2N. The molecule has 0 heterocycles. The van der Waals surface area contributed by atoms with Gasteiger partial charge in [-0.1, -0.05) is 30.2 Å². The predicted molar refractivity (Wildman–Crippen MR) is 63.0 cm³/mol. The molecule has 1 aromatic rings. The largest absolute Gasteiger partial charge is 0.324 e. The van der Waals surface area contributed by atoms with Crippen LogP contribution in [0.2, 0.25) is 5.02 Å². The number of hydrogen-bond acceptors (Lipinski definition) is 1. The third-order valence-corrected chi connectivity index (χ3v) is 3.13. The van der Waals surface area contributed by atoms with Crippen LogP contribution in [0.5, 0.6) is 0 Å². The van der Waals surface area contributed by atoms with Gasteiger partial charge in [0.25, 0.3) is 0 Å². The van der Waals surface area contributed by atoms with E-state index in [2.05, 4.69) is 6.07 Å². The maximum absolute atomic E-state index is 6.11. The van der Waals surface area contributed by atoms with Gasteiger partial charge in [0.05, 0.1) is 0 Å². The molecule has 1 saturated carbocycles. The van der Waals surface area contributed by atoms with Crippen molar-refractivity contribution in [2.24, 2.45) is 11.7 Å². The minimum Gasteiger partial charge on any atom is -0.324 e. The summed E-state index contributed by atoms with van der Waals surface area (Å²) >= 11 is 5.90. The smallest absolute Gasteiger partial charge is 0.0409 e. The lowest BCUT2D eigenvalue weighted by Gasteiger charge is -2.31. The highest BCUT2D eigenvalue weighted by Crippen LogP contribution is 2.36. The maximum atomic E-state index is 6.11. The Morgan fingerprint density at radius 3 is 2.57 bits per heavy atom. The molecule has 1 fully saturated rings. The van der Waals surface area contributed by atoms with Crippen LogP contribution in [0.4, 0.5) is 0 Å². The van der Waals surface area contributed by atoms with Crippen LogP contribution in [0.1, 0.15) is 30.9 Å². The summed E-state index contributed by atoms with van der Waals surface area (Å²) in [6.07, 6.45) is 3.88. The van der Waals surface area contributed by atoms with Crippen LogP contribution in [0.25, 0.3) is 0 Å². The fourth-order valence-electron chi connectivity index (χ4n) is 1.79. The van der Waals surface area contributed by atoms with E-state index < -0.39 is 0 Å². The van der Waals surface area contributed by atoms with Crippen molar-refractivity contribution in [1.82, 2.24) is 0 Å². The quantitative estimate of drug-likeness (QED) is 0.828. The molecule has 0 spiro atoms. The lowest BCUT2D eigenvalue weighted by molar-refractivity contribution is 0.264. The Morgan fingerprint density at radius 1 is 1.36 bits per heavy atom. The molecule has 1 nitrogen and oxygen atoms in total. The molecule has 3 heteroatoms. The average molecular weight is 232 g/mol. The predicted octanol–water partition coefficient (Wildman–Crippen LogP) is 3.56. The molecule has 1 aliphatic carbocycles. The second-order valence-corrected chi connectivity index (χ2v) is 4.21. The average Bonchev–Trinajstić information content (AvgIpc) is 2.01. The van der Waals surface area contributed by atoms with E-state index in [1.54, 1.807) is 0 Å². The Morgan fingerprint density at radius 2 is 2.07 bits per heavy atom. The Balaban J connectivity index is 0.000000980. The monoisotopic (exact) mass is 231 g/mol. The SMILES string of the molecule is Cl.N[C@@H](c1cccc(Cl)c1)C1CCC1. The van der Waals surface area contributed by atoms with Crippen molar-refractivity contribution in [3.63, 3.8) is 0 Å². The summed E-state index contributed by atoms with van der Waals surface area (Å²) in [5.74, 6) is 0.679. The minimum absolute atomic E-state index is 0. The summed E-state index contributed by atoms with van der Waals surface area (Å²) < 4.78 is 0. The van der Waals surface area contributed by atoms with Gasteiger partial charge >= 0.3 is 0 Å². The van der Waals surface area contributed by atoms with E-state index in [-0.39, 0.29) is 18.4 Å². The minimum atomic E-state index is 0. The zero-order valence-electron chi connectivity index (χ0n) is 7.95. The number of rotatable bonds is 2. The van der Waals surface area contributed by atoms with Crippen LogP contribution in [-0.4, -0.2) is 0 Å². The summed E-state index contributed by atoms with van der Waals surface area (Å²) in [6, 6.07) is 8.08. The first-order valence-electron chi connectivity index (χ1n) is 4.78. The van der Waals surface area contributed by atoms with Gasteiger partial charge in [-0.15, -0.1) is 12.4 Å². The van der Waals surface area contributed by atoms with Gasteiger partial charge < -0.3 is 5.73 Å². The number of nitrogens with two attached hydrogens (primary N) is 1. The molecule has 1 aromatic carbocycles. The van der Waals surface area contributed by atoms with Crippen LogP contribution in [-0.2, 0) is 0 Å². The first-order valence-corrected chi connectivity index (χ1v) is 5.16. The normalized spacial score (nSPS) is 18.1. The fraction of sp³-hybridized carbons (Fsp3) is 0.455. The third kappa shape index (κ3) is 2.41. The van der Waals surface area contributed by atoms with Gasteiger partial charge in [0.1, 0.15) is 0 Å². The van der Waals surface area contributed by atoms with Crippen molar-refractivity contribution >= 4 is 24.0 Å². The van der Waals surface area contributed by atoms with E-state index in [9.17, 15) is 0 Å². The summed E-state index contributed by atoms with van der Waals surface area (Å²) in [5, 5.41) is 0.785. The van der Waals surface area contributed by atoms with Crippen LogP contribution in [0.3, 0.4) is 0 Å². The maximum Gasteiger partial charge on any atom is 0.0409 e. The van der Waals surface area contributed by atoms with Crippen molar-refractivity contribution in [3.05, 3.63) is 34.9 Å². The Labute approximate surface area is 96.0 Å². The van der Waals surface area contributed by atoms with Gasteiger partial charge in [-0.2, -0.15) is 0 Å². The molecule has 0 saturated heterocycles. The molecule has 0 unspecified atom stereocenters. The van der Waals surface area contributed by atoms with E-state index in [1.807, 2.05) is 18.2 Å². The Kier molecular flexibility index (Phi) is 4.24. The van der Waals surface area contributed by atoms with Crippen molar-refractivity contribution in [3.8, 4) is 0 Å². The van der Waals surface area contributed by atoms with Crippen molar-refractivity contribution in [2.45, 2.75) is 25.3 Å². The van der Waals surface area contributed by atoms with Crippen LogP contribution >= 0.6 is 24.0 Å². The topological polar surface area (TPSA) is 26.0 Å². The van der Waals surface area contributed by atoms with Crippen LogP contribution < -0.4 is 5.73 Å². The molecule has 0 radical (unpaired) electrons. The molecule has 1 aliphatic rings. The van der Waals surface area contributed by atoms with E-state index in [1.165, 1.54) is 24.8 Å². The third-order valence-electron chi connectivity index (χ3n) is 2.89. The van der Waals surface area contributed by atoms with Gasteiger partial charge in [-0.3, -0.25) is 0 Å². The van der Waals surface area contributed by atoms with Gasteiger partial charge in [-0.25, -0.2) is 0 Å². The molecule has 1 atom stereocenters. The molecule has 0 aromatic heterocycles. The van der Waals surface area contributed by atoms with E-state index in [0.717, 1.165) is 5.02 Å². The highest BCUT2D eigenvalue weighted by Gasteiger charge is 2.25. The summed E-state index contributed by atoms with van der Waals surface area (Å²) in [4.78, 5) is 0. The molecule has 0 amide bonds. The summed E-state index contributed by atoms with van der Waals surface area (Å²) in [7, 11) is 0. The second kappa shape index (κ2) is 5.01. The zero-order chi connectivity index (χ0) is 9.26. The van der Waals surface area contributed by atoms with Crippen LogP contribution in [0, 0.1) is 5.92 Å². The Hall–Kier alpha value is -0.240. The first-order chi connectivity index (χ1) is 6.27. The van der Waals surface area contributed by atoms with Gasteiger partial charge in [0.15, 0.2) is 0 Å². The number of halogens is 2. The molecule has 78 valence electrons. The molecule has 0 bridgehead atoms. The van der Waals surface area contributed by atoms with E-state index >= 15 is 0 Å². The summed E-state index contributed by atoms with van der Waals surface area (Å²) in [5.41, 5.74) is 7.29. The molecule has 2 rings (SSSR count). The van der Waals surface area contributed by atoms with Crippen molar-refractivity contribution in [2.75, 3.05) is 0 Å². The van der Waals surface area contributed by atoms with Gasteiger partial charge in [0.2, 0.25) is 0 Å². The summed E-state index contributed by atoms with van der Waals surface area (Å²) in [6.45, 7) is 0. The molecule has 2 N–H and O–H groups in total. The second-order valence-electron chi connectivity index (χ2n) is 3.77. The lowest BCUT2D eigenvalue weighted by atomic mass is 9.78. The standard InChI is InChI=1S/C11H14ClN.ClH/c12-10-6-2-5-9(7-10)11(13)8-3-1-4-8;/h2,5-8,11H,1,3-4,13H2;1H/t11-;/m1./s1. The number of hydrogen-bond donors (Lipinski definition) is 1. The highest BCUT2D eigenvalue weighted by atomic mass is 35.5. The van der Waals surface area contributed by atoms with E-state index in [4.69, 9.17) is 17.3 Å². The molecule has 14 heavy (non-hydrogen) atoms. The van der Waals surface area contributed by atoms with Gasteiger partial charge in [0, 0.05) is 11.1 Å². The molecular weight excluding hydrogens is 217 g/mol. The van der Waals surface area contributed by atoms with E-state index in [0.29, 0.717) is 5.92 Å². The van der Waals surface area contributed by atoms with Crippen molar-refractivity contribution < 1.29 is 0 Å². The van der Waals surface area contributed by atoms with Crippen molar-refractivity contribution in [1.29, 1.82) is 0 Å². The fourth-order valence-corrected chi connectivity index (χ4v) is 1.98. The lowest BCUT2D eigenvalue weighted by Crippen LogP contribution is -2.26. The molecule has 0 aliphatic heterocycles. The number of benzene rings is 1. The van der Waals surface area contributed by atoms with Crippen LogP contribution in [0.15, 0.2) is 24.3 Å². The zero-order valence-corrected chi connectivity index (χ0v) is 9.52. The van der Waals surface area contributed by atoms with Gasteiger partial charge in [-0.05, 0) is 36.5 Å². The highest BCUT2D eigenvalue weighted by molar-refractivity contribution is 6.30. The first kappa shape index (κ1) is 11.8.